The predicted octanol–water partition coefficient (Wildman–Crippen LogP) is 8.28. The number of rotatable bonds is 2. The molecule has 0 nitrogen and oxygen atoms in total. The molecule has 2 heterocycles. The zero-order valence-electron chi connectivity index (χ0n) is 16.9. The molecule has 2 fully saturated rings. The zero-order valence-corrected chi connectivity index (χ0v) is 23.5. The molecular weight excluding hydrogens is 495 g/mol. The number of hydrogen-bond donors (Lipinski definition) is 0. The van der Waals surface area contributed by atoms with Crippen LogP contribution in [0.4, 0.5) is 0 Å². The molecule has 0 aromatic rings. The number of fused-ring (bicyclic) bond motifs is 2. The average molecular weight is 529 g/mol. The van der Waals surface area contributed by atoms with E-state index in [4.69, 9.17) is 17.0 Å². The van der Waals surface area contributed by atoms with Gasteiger partial charge in [-0.1, -0.05) is 39.1 Å². The topological polar surface area (TPSA) is 0 Å². The van der Waals surface area contributed by atoms with E-state index >= 15 is 0 Å². The van der Waals surface area contributed by atoms with Gasteiger partial charge in [0.25, 0.3) is 0 Å². The molecule has 6 heteroatoms. The Morgan fingerprint density at radius 2 is 1.19 bits per heavy atom. The van der Waals surface area contributed by atoms with E-state index in [0.29, 0.717) is 0 Å². The van der Waals surface area contributed by atoms with Gasteiger partial charge in [-0.25, -0.2) is 0 Å². The molecule has 2 saturated carbocycles. The number of hydrogen-bond acceptors (Lipinski definition) is 2. The van der Waals surface area contributed by atoms with Crippen LogP contribution in [0.15, 0.2) is 23.0 Å². The van der Waals surface area contributed by atoms with Crippen molar-refractivity contribution < 1.29 is 20.8 Å². The summed E-state index contributed by atoms with van der Waals surface area (Å²) in [6.45, 7) is 10.6. The molecule has 0 aromatic heterocycles. The Hall–Kier alpha value is 1.86. The Morgan fingerprint density at radius 3 is 1.54 bits per heavy atom. The van der Waals surface area contributed by atoms with Gasteiger partial charge in [-0.15, -0.1) is 23.5 Å². The van der Waals surface area contributed by atoms with Crippen molar-refractivity contribution in [3.8, 4) is 0 Å². The third-order valence-corrected chi connectivity index (χ3v) is 15.2. The van der Waals surface area contributed by atoms with Crippen LogP contribution < -0.4 is 0 Å². The summed E-state index contributed by atoms with van der Waals surface area (Å²) in [5, 5.41) is 6.66. The van der Waals surface area contributed by atoms with Crippen molar-refractivity contribution in [1.82, 2.24) is 0 Å². The van der Waals surface area contributed by atoms with Crippen molar-refractivity contribution in [3.05, 3.63) is 37.8 Å². The molecule has 0 bridgehead atoms. The van der Waals surface area contributed by atoms with Crippen molar-refractivity contribution in [3.63, 3.8) is 0 Å². The standard InChI is InChI=1S/C18H28S2Si.2CH3.2ClH.Zr/c1-11-9-13-5-7-19-15(13)17(11)21(3,4)18-12(2)10-14-6-8-20-16(14)18;;;;;/h5-8,11-18H,9-10H2,1-4H3;2*1H3;2*1H;/q;2*-1;;;+4/p-2. The van der Waals surface area contributed by atoms with Crippen LogP contribution in [0, 0.1) is 38.5 Å². The fourth-order valence-corrected chi connectivity index (χ4v) is 17.4. The fourth-order valence-electron chi connectivity index (χ4n) is 6.36. The second-order valence-corrected chi connectivity index (χ2v) is 19.4. The van der Waals surface area contributed by atoms with Crippen LogP contribution in [-0.4, -0.2) is 18.6 Å². The van der Waals surface area contributed by atoms with Gasteiger partial charge in [0.15, 0.2) is 0 Å². The van der Waals surface area contributed by atoms with E-state index in [0.717, 1.165) is 45.3 Å². The molecule has 0 spiro atoms. The number of halogens is 2. The van der Waals surface area contributed by atoms with E-state index in [1.807, 2.05) is 0 Å². The Bertz CT molecular complexity index is 472. The molecule has 148 valence electrons. The van der Waals surface area contributed by atoms with Crippen molar-refractivity contribution in [2.24, 2.45) is 23.7 Å². The summed E-state index contributed by atoms with van der Waals surface area (Å²) in [5.41, 5.74) is 2.05. The molecular formula is C20H34Cl2S2SiZr. The van der Waals surface area contributed by atoms with Gasteiger partial charge < -0.3 is 14.9 Å². The zero-order chi connectivity index (χ0) is 17.5. The van der Waals surface area contributed by atoms with Gasteiger partial charge in [-0.3, -0.25) is 0 Å². The monoisotopic (exact) mass is 526 g/mol. The van der Waals surface area contributed by atoms with Crippen LogP contribution >= 0.6 is 40.5 Å². The van der Waals surface area contributed by atoms with E-state index in [1.165, 1.54) is 12.8 Å². The third-order valence-electron chi connectivity index (χ3n) is 6.91. The minimum atomic E-state index is -1.26. The molecule has 0 aromatic carbocycles. The van der Waals surface area contributed by atoms with Crippen molar-refractivity contribution in [2.45, 2.75) is 61.4 Å². The first-order valence-electron chi connectivity index (χ1n) is 9.02. The predicted molar refractivity (Wildman–Crippen MR) is 125 cm³/mol. The second kappa shape index (κ2) is 10.8. The summed E-state index contributed by atoms with van der Waals surface area (Å²) >= 11 is 3.51. The SMILES string of the molecule is CC1CC2C=CSC2C1[Si](C)(C)C1C(C)CC2C=CSC21.[CH3-].[CH3-].[Cl][Zr+2][Cl]. The first-order valence-corrected chi connectivity index (χ1v) is 20.4. The Balaban J connectivity index is 0.000000635. The number of thioether (sulfide) groups is 2. The van der Waals surface area contributed by atoms with Crippen molar-refractivity contribution >= 4 is 48.6 Å². The van der Waals surface area contributed by atoms with E-state index in [2.05, 4.69) is 73.4 Å². The summed E-state index contributed by atoms with van der Waals surface area (Å²) in [7, 11) is 8.61. The maximum atomic E-state index is 4.93. The van der Waals surface area contributed by atoms with Crippen LogP contribution in [0.1, 0.15) is 26.7 Å². The Labute approximate surface area is 190 Å². The molecule has 4 aliphatic rings. The van der Waals surface area contributed by atoms with Crippen molar-refractivity contribution in [1.29, 1.82) is 0 Å². The molecule has 0 N–H and O–H groups in total. The van der Waals surface area contributed by atoms with Gasteiger partial charge >= 0.3 is 37.9 Å². The third kappa shape index (κ3) is 4.77. The van der Waals surface area contributed by atoms with Gasteiger partial charge in [0.05, 0.1) is 8.07 Å². The molecule has 26 heavy (non-hydrogen) atoms. The normalized spacial score (nSPS) is 42.1. The van der Waals surface area contributed by atoms with Crippen LogP contribution in [0.25, 0.3) is 0 Å². The fraction of sp³-hybridized carbons (Fsp3) is 0.700. The molecule has 8 unspecified atom stereocenters. The average Bonchev–Trinajstić information content (AvgIpc) is 3.18. The van der Waals surface area contributed by atoms with Crippen LogP contribution in [0.5, 0.6) is 0 Å². The van der Waals surface area contributed by atoms with E-state index in [-0.39, 0.29) is 14.9 Å². The Kier molecular flexibility index (Phi) is 10.7. The maximum absolute atomic E-state index is 4.93. The quantitative estimate of drug-likeness (QED) is 0.261. The number of allylic oxidation sites excluding steroid dienone is 2. The summed E-state index contributed by atoms with van der Waals surface area (Å²) in [6, 6.07) is 0. The van der Waals surface area contributed by atoms with Crippen LogP contribution in [0.2, 0.25) is 24.2 Å². The van der Waals surface area contributed by atoms with Gasteiger partial charge in [-0.2, -0.15) is 0 Å². The second-order valence-electron chi connectivity index (χ2n) is 8.56. The van der Waals surface area contributed by atoms with E-state index in [9.17, 15) is 0 Å². The van der Waals surface area contributed by atoms with E-state index < -0.39 is 28.9 Å². The molecule has 8 atom stereocenters. The van der Waals surface area contributed by atoms with Crippen LogP contribution in [0.3, 0.4) is 0 Å². The van der Waals surface area contributed by atoms with Gasteiger partial charge in [0.2, 0.25) is 0 Å². The molecule has 0 radical (unpaired) electrons. The van der Waals surface area contributed by atoms with E-state index in [1.54, 1.807) is 0 Å². The molecule has 2 aliphatic carbocycles. The van der Waals surface area contributed by atoms with Gasteiger partial charge in [0, 0.05) is 10.5 Å². The molecule has 0 amide bonds. The first-order chi connectivity index (χ1) is 11.4. The van der Waals surface area contributed by atoms with Gasteiger partial charge in [-0.05, 0) is 58.4 Å². The summed E-state index contributed by atoms with van der Waals surface area (Å²) in [6.07, 6.45) is 7.94. The molecule has 2 aliphatic heterocycles. The summed E-state index contributed by atoms with van der Waals surface area (Å²) < 4.78 is 0. The summed E-state index contributed by atoms with van der Waals surface area (Å²) in [4.78, 5) is 0. The Morgan fingerprint density at radius 1 is 0.846 bits per heavy atom. The minimum absolute atomic E-state index is 0. The molecule has 0 saturated heterocycles. The molecule has 4 rings (SSSR count). The van der Waals surface area contributed by atoms with Crippen LogP contribution in [-0.2, 0) is 20.8 Å². The van der Waals surface area contributed by atoms with Gasteiger partial charge in [0.1, 0.15) is 0 Å². The summed E-state index contributed by atoms with van der Waals surface area (Å²) in [5.74, 6) is 3.68. The first kappa shape index (κ1) is 25.9. The van der Waals surface area contributed by atoms with Crippen molar-refractivity contribution in [2.75, 3.05) is 0 Å².